The molecular weight excluding hydrogens is 523 g/mol. The van der Waals surface area contributed by atoms with Gasteiger partial charge in [-0.05, 0) is 45.0 Å². The van der Waals surface area contributed by atoms with Crippen LogP contribution in [-0.4, -0.2) is 34.2 Å². The van der Waals surface area contributed by atoms with Gasteiger partial charge >= 0.3 is 0 Å². The Bertz CT molecular complexity index is 941. The lowest BCUT2D eigenvalue weighted by molar-refractivity contribution is 0.378. The van der Waals surface area contributed by atoms with E-state index in [0.29, 0.717) is 36.2 Å². The fraction of sp³-hybridized carbons (Fsp3) is 0.368. The predicted octanol–water partition coefficient (Wildman–Crippen LogP) is 4.38. The molecule has 2 N–H and O–H groups in total. The molecule has 156 valence electrons. The Morgan fingerprint density at radius 2 is 1.93 bits per heavy atom. The molecule has 0 bridgehead atoms. The maximum atomic E-state index is 5.91. The number of aromatic nitrogens is 3. The highest BCUT2D eigenvalue weighted by atomic mass is 127. The van der Waals surface area contributed by atoms with Gasteiger partial charge in [0.15, 0.2) is 5.96 Å². The van der Waals surface area contributed by atoms with E-state index in [0.717, 1.165) is 28.8 Å². The smallest absolute Gasteiger partial charge is 0.228 e. The van der Waals surface area contributed by atoms with Gasteiger partial charge < -0.3 is 15.2 Å². The second-order valence-electron chi connectivity index (χ2n) is 6.13. The average molecular weight is 547 g/mol. The van der Waals surface area contributed by atoms with E-state index >= 15 is 0 Å². The molecule has 0 saturated heterocycles. The van der Waals surface area contributed by atoms with Crippen LogP contribution in [0.25, 0.3) is 11.4 Å². The van der Waals surface area contributed by atoms with Crippen LogP contribution in [0.1, 0.15) is 28.4 Å². The van der Waals surface area contributed by atoms with Crippen molar-refractivity contribution in [3.63, 3.8) is 0 Å². The van der Waals surface area contributed by atoms with E-state index in [1.807, 2.05) is 32.9 Å². The van der Waals surface area contributed by atoms with E-state index < -0.39 is 0 Å². The lowest BCUT2D eigenvalue weighted by atomic mass is 10.2. The van der Waals surface area contributed by atoms with Crippen molar-refractivity contribution in [2.24, 2.45) is 4.99 Å². The van der Waals surface area contributed by atoms with Crippen LogP contribution in [0.4, 0.5) is 0 Å². The molecule has 7 nitrogen and oxygen atoms in total. The molecule has 3 aromatic rings. The summed E-state index contributed by atoms with van der Waals surface area (Å²) in [7, 11) is 0. The van der Waals surface area contributed by atoms with Crippen molar-refractivity contribution in [3.8, 4) is 11.4 Å². The van der Waals surface area contributed by atoms with Crippen molar-refractivity contribution in [2.75, 3.05) is 13.1 Å². The number of aryl methyl sites for hydroxylation is 2. The molecule has 0 saturated carbocycles. The molecule has 3 rings (SSSR count). The first kappa shape index (κ1) is 23.6. The van der Waals surface area contributed by atoms with Crippen LogP contribution in [-0.2, 0) is 13.0 Å². The lowest BCUT2D eigenvalue weighted by Crippen LogP contribution is -2.38. The minimum absolute atomic E-state index is 0. The molecule has 0 fully saturated rings. The Morgan fingerprint density at radius 3 is 2.59 bits per heavy atom. The predicted molar refractivity (Wildman–Crippen MR) is 128 cm³/mol. The quantitative estimate of drug-likeness (QED) is 0.260. The van der Waals surface area contributed by atoms with Gasteiger partial charge in [0.05, 0.1) is 17.2 Å². The van der Waals surface area contributed by atoms with E-state index in [1.54, 1.807) is 23.5 Å². The van der Waals surface area contributed by atoms with Crippen LogP contribution in [0, 0.1) is 13.8 Å². The Morgan fingerprint density at radius 1 is 1.17 bits per heavy atom. The topological polar surface area (TPSA) is 88.2 Å². The highest BCUT2D eigenvalue weighted by Gasteiger charge is 2.09. The second kappa shape index (κ2) is 11.5. The third kappa shape index (κ3) is 6.93. The normalized spacial score (nSPS) is 11.2. The summed E-state index contributed by atoms with van der Waals surface area (Å²) in [4.78, 5) is 14.7. The number of guanidine groups is 1. The van der Waals surface area contributed by atoms with Gasteiger partial charge in [0.1, 0.15) is 0 Å². The number of aliphatic imine (C=N–C) groups is 1. The fourth-order valence-electron chi connectivity index (χ4n) is 2.57. The third-order valence-corrected chi connectivity index (χ3v) is 5.24. The molecule has 0 spiro atoms. The number of halogens is 2. The maximum Gasteiger partial charge on any atom is 0.228 e. The molecule has 0 aliphatic rings. The van der Waals surface area contributed by atoms with Gasteiger partial charge in [-0.25, -0.2) is 9.98 Å². The first-order chi connectivity index (χ1) is 13.5. The van der Waals surface area contributed by atoms with Gasteiger partial charge in [0.25, 0.3) is 0 Å². The number of thiazole rings is 1. The molecule has 0 atom stereocenters. The number of nitrogens with one attached hydrogen (secondary N) is 2. The Labute approximate surface area is 196 Å². The molecule has 0 unspecified atom stereocenters. The summed E-state index contributed by atoms with van der Waals surface area (Å²) >= 11 is 7.59. The van der Waals surface area contributed by atoms with E-state index in [-0.39, 0.29) is 24.0 Å². The van der Waals surface area contributed by atoms with Crippen molar-refractivity contribution in [3.05, 3.63) is 50.8 Å². The van der Waals surface area contributed by atoms with Gasteiger partial charge in [0.2, 0.25) is 11.7 Å². The standard InChI is InChI=1S/C19H23ClN6OS.HI/c1-4-21-19(23-11-16-12(2)24-13(3)28-16)22-10-9-17-25-18(26-27-17)14-5-7-15(20)8-6-14;/h5-8H,4,9-11H2,1-3H3,(H2,21,22,23);1H. The van der Waals surface area contributed by atoms with Gasteiger partial charge in [0, 0.05) is 35.0 Å². The summed E-state index contributed by atoms with van der Waals surface area (Å²) in [6.45, 7) is 8.09. The van der Waals surface area contributed by atoms with Crippen molar-refractivity contribution in [2.45, 2.75) is 33.7 Å². The molecular formula is C19H24ClIN6OS. The van der Waals surface area contributed by atoms with Gasteiger partial charge in [-0.15, -0.1) is 35.3 Å². The molecule has 1 aromatic carbocycles. The van der Waals surface area contributed by atoms with Crippen LogP contribution < -0.4 is 10.6 Å². The summed E-state index contributed by atoms with van der Waals surface area (Å²) in [5, 5.41) is 12.3. The zero-order valence-electron chi connectivity index (χ0n) is 16.5. The summed E-state index contributed by atoms with van der Waals surface area (Å²) in [6, 6.07) is 7.35. The SMILES string of the molecule is CCNC(=NCc1sc(C)nc1C)NCCc1nc(-c2ccc(Cl)cc2)no1.I. The van der Waals surface area contributed by atoms with Crippen LogP contribution in [0.15, 0.2) is 33.8 Å². The van der Waals surface area contributed by atoms with Crippen molar-refractivity contribution < 1.29 is 4.52 Å². The molecule has 0 aliphatic carbocycles. The van der Waals surface area contributed by atoms with Crippen molar-refractivity contribution >= 4 is 52.9 Å². The minimum Gasteiger partial charge on any atom is -0.357 e. The van der Waals surface area contributed by atoms with E-state index in [1.165, 1.54) is 4.88 Å². The van der Waals surface area contributed by atoms with Crippen LogP contribution in [0.3, 0.4) is 0 Å². The number of hydrogen-bond acceptors (Lipinski definition) is 6. The van der Waals surface area contributed by atoms with Crippen molar-refractivity contribution in [1.82, 2.24) is 25.8 Å². The van der Waals surface area contributed by atoms with E-state index in [9.17, 15) is 0 Å². The highest BCUT2D eigenvalue weighted by Crippen LogP contribution is 2.19. The Balaban J connectivity index is 0.00000300. The van der Waals surface area contributed by atoms with Crippen LogP contribution >= 0.6 is 46.9 Å². The van der Waals surface area contributed by atoms with E-state index in [2.05, 4.69) is 30.8 Å². The number of benzene rings is 1. The molecule has 29 heavy (non-hydrogen) atoms. The minimum atomic E-state index is 0. The zero-order chi connectivity index (χ0) is 19.9. The number of hydrogen-bond donors (Lipinski definition) is 2. The van der Waals surface area contributed by atoms with Gasteiger partial charge in [-0.3, -0.25) is 0 Å². The number of rotatable bonds is 7. The van der Waals surface area contributed by atoms with Gasteiger partial charge in [-0.1, -0.05) is 16.8 Å². The Hall–Kier alpha value is -1.72. The molecule has 2 aromatic heterocycles. The summed E-state index contributed by atoms with van der Waals surface area (Å²) in [6.07, 6.45) is 0.601. The third-order valence-electron chi connectivity index (χ3n) is 3.93. The summed E-state index contributed by atoms with van der Waals surface area (Å²) < 4.78 is 5.34. The summed E-state index contributed by atoms with van der Waals surface area (Å²) in [5.74, 6) is 1.89. The largest absolute Gasteiger partial charge is 0.357 e. The molecule has 10 heteroatoms. The molecule has 0 aliphatic heterocycles. The van der Waals surface area contributed by atoms with Gasteiger partial charge in [-0.2, -0.15) is 4.98 Å². The monoisotopic (exact) mass is 546 g/mol. The highest BCUT2D eigenvalue weighted by molar-refractivity contribution is 14.0. The maximum absolute atomic E-state index is 5.91. The van der Waals surface area contributed by atoms with Crippen LogP contribution in [0.5, 0.6) is 0 Å². The van der Waals surface area contributed by atoms with E-state index in [4.69, 9.17) is 16.1 Å². The molecule has 0 amide bonds. The summed E-state index contributed by atoms with van der Waals surface area (Å²) in [5.41, 5.74) is 1.92. The fourth-order valence-corrected chi connectivity index (χ4v) is 3.56. The Kier molecular flexibility index (Phi) is 9.31. The zero-order valence-corrected chi connectivity index (χ0v) is 20.4. The molecule has 2 heterocycles. The first-order valence-corrected chi connectivity index (χ1v) is 10.3. The lowest BCUT2D eigenvalue weighted by Gasteiger charge is -2.10. The molecule has 0 radical (unpaired) electrons. The number of nitrogens with zero attached hydrogens (tertiary/aromatic N) is 4. The van der Waals surface area contributed by atoms with Crippen molar-refractivity contribution in [1.29, 1.82) is 0 Å². The first-order valence-electron chi connectivity index (χ1n) is 9.08. The average Bonchev–Trinajstić information content (AvgIpc) is 3.26. The second-order valence-corrected chi connectivity index (χ2v) is 7.86. The van der Waals surface area contributed by atoms with Crippen LogP contribution in [0.2, 0.25) is 5.02 Å².